The molecule has 130 valence electrons. The Morgan fingerprint density at radius 1 is 1.16 bits per heavy atom. The van der Waals surface area contributed by atoms with Crippen LogP contribution in [0.2, 0.25) is 0 Å². The molecular weight excluding hydrogens is 316 g/mol. The number of benzene rings is 1. The van der Waals surface area contributed by atoms with Gasteiger partial charge in [0.05, 0.1) is 5.92 Å². The van der Waals surface area contributed by atoms with E-state index in [4.69, 9.17) is 0 Å². The zero-order chi connectivity index (χ0) is 17.2. The normalized spacial score (nSPS) is 20.3. The Morgan fingerprint density at radius 3 is 2.72 bits per heavy atom. The van der Waals surface area contributed by atoms with Gasteiger partial charge in [-0.25, -0.2) is 0 Å². The number of nitrogens with zero attached hydrogens (tertiary/aromatic N) is 2. The summed E-state index contributed by atoms with van der Waals surface area (Å²) in [5.74, 6) is 0.254. The van der Waals surface area contributed by atoms with Gasteiger partial charge in [0.15, 0.2) is 0 Å². The first-order valence-electron chi connectivity index (χ1n) is 8.91. The van der Waals surface area contributed by atoms with Crippen LogP contribution in [0.15, 0.2) is 36.4 Å². The number of piperidine rings is 1. The van der Waals surface area contributed by atoms with Gasteiger partial charge < -0.3 is 10.2 Å². The summed E-state index contributed by atoms with van der Waals surface area (Å²) in [6.07, 6.45) is 3.97. The zero-order valence-electron chi connectivity index (χ0n) is 14.1. The van der Waals surface area contributed by atoms with Crippen molar-refractivity contribution in [3.8, 4) is 0 Å². The Kier molecular flexibility index (Phi) is 4.26. The van der Waals surface area contributed by atoms with Crippen molar-refractivity contribution in [1.82, 2.24) is 15.1 Å². The van der Waals surface area contributed by atoms with Gasteiger partial charge in [0.2, 0.25) is 5.91 Å². The lowest BCUT2D eigenvalue weighted by Crippen LogP contribution is -2.43. The van der Waals surface area contributed by atoms with Crippen LogP contribution in [0.4, 0.5) is 5.69 Å². The Bertz CT molecular complexity index is 767. The monoisotopic (exact) mass is 338 g/mol. The summed E-state index contributed by atoms with van der Waals surface area (Å²) in [5, 5.41) is 10.1. The summed E-state index contributed by atoms with van der Waals surface area (Å²) in [6, 6.07) is 11.3. The van der Waals surface area contributed by atoms with Crippen LogP contribution in [-0.2, 0) is 4.79 Å². The molecule has 1 aromatic carbocycles. The Balaban J connectivity index is 1.39. The van der Waals surface area contributed by atoms with Gasteiger partial charge in [-0.3, -0.25) is 14.7 Å². The number of aromatic amines is 1. The molecule has 1 unspecified atom stereocenters. The predicted octanol–water partition coefficient (Wildman–Crippen LogP) is 2.78. The third-order valence-corrected chi connectivity index (χ3v) is 4.95. The van der Waals surface area contributed by atoms with Crippen molar-refractivity contribution < 1.29 is 9.59 Å². The molecule has 25 heavy (non-hydrogen) atoms. The Hall–Kier alpha value is -2.63. The van der Waals surface area contributed by atoms with E-state index in [1.165, 1.54) is 12.8 Å². The van der Waals surface area contributed by atoms with Gasteiger partial charge >= 0.3 is 0 Å². The van der Waals surface area contributed by atoms with Gasteiger partial charge in [0.1, 0.15) is 5.69 Å². The molecular formula is C19H22N4O2. The minimum Gasteiger partial charge on any atom is -0.336 e. The van der Waals surface area contributed by atoms with Crippen molar-refractivity contribution in [3.63, 3.8) is 0 Å². The second kappa shape index (κ2) is 6.70. The number of nitrogens with one attached hydrogen (secondary N) is 2. The van der Waals surface area contributed by atoms with Crippen LogP contribution in [-0.4, -0.2) is 40.0 Å². The summed E-state index contributed by atoms with van der Waals surface area (Å²) in [4.78, 5) is 27.0. The van der Waals surface area contributed by atoms with Gasteiger partial charge in [-0.2, -0.15) is 5.10 Å². The van der Waals surface area contributed by atoms with Crippen molar-refractivity contribution in [2.24, 2.45) is 5.92 Å². The number of hydrogen-bond acceptors (Lipinski definition) is 3. The quantitative estimate of drug-likeness (QED) is 0.900. The van der Waals surface area contributed by atoms with E-state index in [1.807, 2.05) is 36.4 Å². The molecule has 0 radical (unpaired) electrons. The lowest BCUT2D eigenvalue weighted by molar-refractivity contribution is -0.121. The van der Waals surface area contributed by atoms with E-state index in [0.717, 1.165) is 24.2 Å². The smallest absolute Gasteiger partial charge is 0.274 e. The van der Waals surface area contributed by atoms with Crippen LogP contribution in [0.5, 0.6) is 0 Å². The number of aromatic nitrogens is 2. The largest absolute Gasteiger partial charge is 0.336 e. The average Bonchev–Trinajstić information content (AvgIpc) is 3.39. The highest BCUT2D eigenvalue weighted by molar-refractivity contribution is 5.95. The highest BCUT2D eigenvalue weighted by atomic mass is 16.2. The van der Waals surface area contributed by atoms with E-state index in [2.05, 4.69) is 15.5 Å². The third-order valence-electron chi connectivity index (χ3n) is 4.95. The number of carbonyl (C=O) groups is 2. The lowest BCUT2D eigenvalue weighted by Gasteiger charge is -2.31. The molecule has 0 spiro atoms. The fourth-order valence-electron chi connectivity index (χ4n) is 3.35. The highest BCUT2D eigenvalue weighted by Crippen LogP contribution is 2.39. The molecule has 2 amide bonds. The first-order chi connectivity index (χ1) is 12.2. The molecule has 2 fully saturated rings. The van der Waals surface area contributed by atoms with Crippen LogP contribution in [0.3, 0.4) is 0 Å². The van der Waals surface area contributed by atoms with Crippen molar-refractivity contribution in [1.29, 1.82) is 0 Å². The molecule has 1 saturated carbocycles. The molecule has 1 aliphatic carbocycles. The molecule has 4 rings (SSSR count). The maximum absolute atomic E-state index is 12.7. The summed E-state index contributed by atoms with van der Waals surface area (Å²) in [6.45, 7) is 1.13. The molecule has 2 aromatic rings. The van der Waals surface area contributed by atoms with Crippen molar-refractivity contribution in [2.45, 2.75) is 31.6 Å². The molecule has 1 aromatic heterocycles. The van der Waals surface area contributed by atoms with E-state index in [1.54, 1.807) is 4.90 Å². The van der Waals surface area contributed by atoms with Crippen molar-refractivity contribution in [2.75, 3.05) is 18.4 Å². The summed E-state index contributed by atoms with van der Waals surface area (Å²) >= 11 is 0. The average molecular weight is 338 g/mol. The second-order valence-electron chi connectivity index (χ2n) is 6.93. The first-order valence-corrected chi connectivity index (χ1v) is 8.91. The zero-order valence-corrected chi connectivity index (χ0v) is 14.1. The maximum Gasteiger partial charge on any atom is 0.274 e. The summed E-state index contributed by atoms with van der Waals surface area (Å²) in [7, 11) is 0. The number of hydrogen-bond donors (Lipinski definition) is 2. The molecule has 0 bridgehead atoms. The molecule has 2 N–H and O–H groups in total. The van der Waals surface area contributed by atoms with Crippen molar-refractivity contribution in [3.05, 3.63) is 47.8 Å². The molecule has 1 saturated heterocycles. The minimum absolute atomic E-state index is 0.0237. The molecule has 2 heterocycles. The van der Waals surface area contributed by atoms with Gasteiger partial charge in [-0.1, -0.05) is 18.2 Å². The predicted molar refractivity (Wildman–Crippen MR) is 94.3 cm³/mol. The Morgan fingerprint density at radius 2 is 1.96 bits per heavy atom. The van der Waals surface area contributed by atoms with Gasteiger partial charge in [-0.05, 0) is 43.9 Å². The van der Waals surface area contributed by atoms with Gasteiger partial charge in [0, 0.05) is 30.4 Å². The number of rotatable bonds is 4. The number of anilines is 1. The number of para-hydroxylation sites is 1. The number of amides is 2. The van der Waals surface area contributed by atoms with Crippen LogP contribution >= 0.6 is 0 Å². The van der Waals surface area contributed by atoms with Gasteiger partial charge in [0.25, 0.3) is 5.91 Å². The molecule has 1 aliphatic heterocycles. The standard InChI is InChI=1S/C19H22N4O2/c24-18(20-15-6-2-1-3-7-15)14-5-4-10-23(12-14)19(25)17-11-16(21-22-17)13-8-9-13/h1-3,6-7,11,13-14H,4-5,8-10,12H2,(H,20,24)(H,21,22). The fourth-order valence-corrected chi connectivity index (χ4v) is 3.35. The first kappa shape index (κ1) is 15.9. The van der Waals surface area contributed by atoms with E-state index < -0.39 is 0 Å². The van der Waals surface area contributed by atoms with Crippen LogP contribution in [0.1, 0.15) is 47.8 Å². The molecule has 2 aliphatic rings. The van der Waals surface area contributed by atoms with Crippen molar-refractivity contribution >= 4 is 17.5 Å². The van der Waals surface area contributed by atoms with Gasteiger partial charge in [-0.15, -0.1) is 0 Å². The highest BCUT2D eigenvalue weighted by Gasteiger charge is 2.31. The maximum atomic E-state index is 12.7. The SMILES string of the molecule is O=C(Nc1ccccc1)C1CCCN(C(=O)c2cc(C3CC3)[nH]n2)C1. The van der Waals surface area contributed by atoms with Crippen LogP contribution in [0, 0.1) is 5.92 Å². The minimum atomic E-state index is -0.181. The molecule has 6 heteroatoms. The van der Waals surface area contributed by atoms with E-state index in [-0.39, 0.29) is 17.7 Å². The topological polar surface area (TPSA) is 78.1 Å². The van der Waals surface area contributed by atoms with E-state index >= 15 is 0 Å². The van der Waals surface area contributed by atoms with Crippen LogP contribution < -0.4 is 5.32 Å². The summed E-state index contributed by atoms with van der Waals surface area (Å²) in [5.41, 5.74) is 2.31. The molecule has 6 nitrogen and oxygen atoms in total. The fraction of sp³-hybridized carbons (Fsp3) is 0.421. The number of likely N-dealkylation sites (tertiary alicyclic amines) is 1. The number of carbonyl (C=O) groups excluding carboxylic acids is 2. The lowest BCUT2D eigenvalue weighted by atomic mass is 9.96. The van der Waals surface area contributed by atoms with E-state index in [0.29, 0.717) is 24.7 Å². The van der Waals surface area contributed by atoms with E-state index in [9.17, 15) is 9.59 Å². The molecule has 1 atom stereocenters. The van der Waals surface area contributed by atoms with Crippen LogP contribution in [0.25, 0.3) is 0 Å². The Labute approximate surface area is 146 Å². The number of H-pyrrole nitrogens is 1. The summed E-state index contributed by atoms with van der Waals surface area (Å²) < 4.78 is 0. The second-order valence-corrected chi connectivity index (χ2v) is 6.93. The third kappa shape index (κ3) is 3.57.